The van der Waals surface area contributed by atoms with Gasteiger partial charge in [-0.3, -0.25) is 4.79 Å². The molecule has 1 amide bonds. The van der Waals surface area contributed by atoms with Gasteiger partial charge in [0.25, 0.3) is 0 Å². The van der Waals surface area contributed by atoms with Gasteiger partial charge >= 0.3 is 6.18 Å². The van der Waals surface area contributed by atoms with Gasteiger partial charge in [-0.05, 0) is 35.9 Å². The zero-order valence-electron chi connectivity index (χ0n) is 14.2. The van der Waals surface area contributed by atoms with E-state index in [1.54, 1.807) is 23.1 Å². The van der Waals surface area contributed by atoms with E-state index >= 15 is 0 Å². The van der Waals surface area contributed by atoms with Crippen LogP contribution in [0.3, 0.4) is 0 Å². The molecule has 2 aromatic carbocycles. The highest BCUT2D eigenvalue weighted by atomic mass is 19.4. The minimum absolute atomic E-state index is 0.0125. The van der Waals surface area contributed by atoms with E-state index in [4.69, 9.17) is 5.73 Å². The highest BCUT2D eigenvalue weighted by Crippen LogP contribution is 2.31. The number of anilines is 2. The maximum atomic E-state index is 12.9. The number of piperazine rings is 1. The summed E-state index contributed by atoms with van der Waals surface area (Å²) in [5.41, 5.74) is 7.06. The Bertz CT molecular complexity index is 766. The number of nitrogen functional groups attached to an aromatic ring is 1. The molecule has 26 heavy (non-hydrogen) atoms. The van der Waals surface area contributed by atoms with Crippen LogP contribution in [0.2, 0.25) is 0 Å². The summed E-state index contributed by atoms with van der Waals surface area (Å²) in [5.74, 6) is 0.0125. The molecule has 0 unspecified atom stereocenters. The Morgan fingerprint density at radius 2 is 1.65 bits per heavy atom. The molecule has 0 saturated carbocycles. The third-order valence-electron chi connectivity index (χ3n) is 4.51. The molecule has 0 aliphatic carbocycles. The first-order valence-electron chi connectivity index (χ1n) is 8.37. The van der Waals surface area contributed by atoms with Crippen molar-refractivity contribution in [2.24, 2.45) is 0 Å². The molecule has 0 radical (unpaired) electrons. The van der Waals surface area contributed by atoms with Gasteiger partial charge in [-0.15, -0.1) is 0 Å². The van der Waals surface area contributed by atoms with Crippen molar-refractivity contribution in [3.63, 3.8) is 0 Å². The summed E-state index contributed by atoms with van der Waals surface area (Å²) in [6.45, 7) is 2.00. The molecule has 2 N–H and O–H groups in total. The lowest BCUT2D eigenvalue weighted by Gasteiger charge is -2.36. The van der Waals surface area contributed by atoms with Gasteiger partial charge < -0.3 is 15.5 Å². The lowest BCUT2D eigenvalue weighted by Crippen LogP contribution is -2.49. The number of carbonyl (C=O) groups is 1. The van der Waals surface area contributed by atoms with Crippen molar-refractivity contribution in [1.29, 1.82) is 0 Å². The Labute approximate surface area is 150 Å². The topological polar surface area (TPSA) is 49.6 Å². The summed E-state index contributed by atoms with van der Waals surface area (Å²) in [4.78, 5) is 16.0. The second kappa shape index (κ2) is 7.27. The van der Waals surface area contributed by atoms with Gasteiger partial charge in [0.2, 0.25) is 5.91 Å². The van der Waals surface area contributed by atoms with Crippen LogP contribution in [0.25, 0.3) is 0 Å². The van der Waals surface area contributed by atoms with Crippen molar-refractivity contribution in [2.45, 2.75) is 12.6 Å². The average molecular weight is 363 g/mol. The molecule has 1 saturated heterocycles. The molecule has 2 aromatic rings. The van der Waals surface area contributed by atoms with Crippen LogP contribution in [0.5, 0.6) is 0 Å². The Kier molecular flexibility index (Phi) is 5.06. The summed E-state index contributed by atoms with van der Waals surface area (Å²) >= 11 is 0. The van der Waals surface area contributed by atoms with Crippen molar-refractivity contribution in [1.82, 2.24) is 4.90 Å². The second-order valence-electron chi connectivity index (χ2n) is 6.33. The zero-order valence-corrected chi connectivity index (χ0v) is 14.2. The molecule has 138 valence electrons. The molecule has 1 aliphatic heterocycles. The van der Waals surface area contributed by atoms with Gasteiger partial charge in [-0.1, -0.05) is 18.2 Å². The van der Waals surface area contributed by atoms with Crippen molar-refractivity contribution < 1.29 is 18.0 Å². The van der Waals surface area contributed by atoms with Crippen LogP contribution in [-0.4, -0.2) is 37.0 Å². The van der Waals surface area contributed by atoms with Crippen LogP contribution in [0, 0.1) is 0 Å². The fourth-order valence-electron chi connectivity index (χ4n) is 3.01. The first-order valence-corrected chi connectivity index (χ1v) is 8.37. The third kappa shape index (κ3) is 4.28. The zero-order chi connectivity index (χ0) is 18.7. The Hall–Kier alpha value is -2.70. The summed E-state index contributed by atoms with van der Waals surface area (Å²) in [5, 5.41) is 0. The number of carbonyl (C=O) groups excluding carboxylic acids is 1. The molecular weight excluding hydrogens is 343 g/mol. The third-order valence-corrected chi connectivity index (χ3v) is 4.51. The summed E-state index contributed by atoms with van der Waals surface area (Å²) in [6, 6.07) is 12.5. The smallest absolute Gasteiger partial charge is 0.399 e. The van der Waals surface area contributed by atoms with Crippen LogP contribution < -0.4 is 10.6 Å². The predicted octanol–water partition coefficient (Wildman–Crippen LogP) is 3.18. The standard InChI is InChI=1S/C19H20F3N3O/c20-19(21,22)15-2-1-3-17(13-15)24-8-10-25(11-9-24)18(26)12-14-4-6-16(23)7-5-14/h1-7,13H,8-12,23H2. The number of halogens is 3. The van der Waals surface area contributed by atoms with Crippen molar-refractivity contribution in [3.05, 3.63) is 59.7 Å². The molecule has 1 aliphatic rings. The van der Waals surface area contributed by atoms with Gasteiger partial charge in [-0.2, -0.15) is 13.2 Å². The Morgan fingerprint density at radius 3 is 2.27 bits per heavy atom. The predicted molar refractivity (Wildman–Crippen MR) is 94.8 cm³/mol. The fourth-order valence-corrected chi connectivity index (χ4v) is 3.01. The van der Waals surface area contributed by atoms with Crippen LogP contribution in [0.1, 0.15) is 11.1 Å². The van der Waals surface area contributed by atoms with Gasteiger partial charge in [0, 0.05) is 37.6 Å². The molecule has 4 nitrogen and oxygen atoms in total. The van der Waals surface area contributed by atoms with E-state index in [-0.39, 0.29) is 5.91 Å². The first-order chi connectivity index (χ1) is 12.3. The molecule has 1 heterocycles. The number of nitrogens with two attached hydrogens (primary N) is 1. The monoisotopic (exact) mass is 363 g/mol. The molecular formula is C19H20F3N3O. The normalized spacial score (nSPS) is 15.2. The number of benzene rings is 2. The highest BCUT2D eigenvalue weighted by Gasteiger charge is 2.31. The minimum Gasteiger partial charge on any atom is -0.399 e. The number of hydrogen-bond donors (Lipinski definition) is 1. The quantitative estimate of drug-likeness (QED) is 0.852. The van der Waals surface area contributed by atoms with Crippen LogP contribution in [0.4, 0.5) is 24.5 Å². The number of nitrogens with zero attached hydrogens (tertiary/aromatic N) is 2. The molecule has 3 rings (SSSR count). The van der Waals surface area contributed by atoms with E-state index in [1.165, 1.54) is 6.07 Å². The average Bonchev–Trinajstić information content (AvgIpc) is 2.63. The SMILES string of the molecule is Nc1ccc(CC(=O)N2CCN(c3cccc(C(F)(F)F)c3)CC2)cc1. The maximum Gasteiger partial charge on any atom is 0.416 e. The molecule has 0 bridgehead atoms. The summed E-state index contributed by atoms with van der Waals surface area (Å²) in [7, 11) is 0. The lowest BCUT2D eigenvalue weighted by atomic mass is 10.1. The van der Waals surface area contributed by atoms with Crippen LogP contribution in [-0.2, 0) is 17.4 Å². The largest absolute Gasteiger partial charge is 0.416 e. The highest BCUT2D eigenvalue weighted by molar-refractivity contribution is 5.79. The lowest BCUT2D eigenvalue weighted by molar-refractivity contribution is -0.137. The first kappa shape index (κ1) is 18.1. The molecule has 0 aromatic heterocycles. The summed E-state index contributed by atoms with van der Waals surface area (Å²) < 4.78 is 38.6. The number of rotatable bonds is 3. The second-order valence-corrected chi connectivity index (χ2v) is 6.33. The van der Waals surface area contributed by atoms with E-state index in [0.29, 0.717) is 44.0 Å². The molecule has 1 fully saturated rings. The number of alkyl halides is 3. The van der Waals surface area contributed by atoms with Crippen molar-refractivity contribution in [3.8, 4) is 0 Å². The van der Waals surface area contributed by atoms with E-state index in [9.17, 15) is 18.0 Å². The van der Waals surface area contributed by atoms with Gasteiger partial charge in [0.1, 0.15) is 0 Å². The van der Waals surface area contributed by atoms with Gasteiger partial charge in [-0.25, -0.2) is 0 Å². The van der Waals surface area contributed by atoms with Crippen LogP contribution in [0.15, 0.2) is 48.5 Å². The minimum atomic E-state index is -4.35. The Balaban J connectivity index is 1.59. The number of hydrogen-bond acceptors (Lipinski definition) is 3. The summed E-state index contributed by atoms with van der Waals surface area (Å²) in [6.07, 6.45) is -4.06. The van der Waals surface area contributed by atoms with Gasteiger partial charge in [0.05, 0.1) is 12.0 Å². The van der Waals surface area contributed by atoms with Gasteiger partial charge in [0.15, 0.2) is 0 Å². The maximum absolute atomic E-state index is 12.9. The number of amides is 1. The van der Waals surface area contributed by atoms with E-state index in [0.717, 1.165) is 17.7 Å². The Morgan fingerprint density at radius 1 is 1.00 bits per heavy atom. The molecule has 0 spiro atoms. The molecule has 0 atom stereocenters. The molecule has 7 heteroatoms. The van der Waals surface area contributed by atoms with Crippen LogP contribution >= 0.6 is 0 Å². The van der Waals surface area contributed by atoms with E-state index in [1.807, 2.05) is 17.0 Å². The van der Waals surface area contributed by atoms with Crippen molar-refractivity contribution >= 4 is 17.3 Å². The van der Waals surface area contributed by atoms with E-state index in [2.05, 4.69) is 0 Å². The fraction of sp³-hybridized carbons (Fsp3) is 0.316. The van der Waals surface area contributed by atoms with E-state index < -0.39 is 11.7 Å². The van der Waals surface area contributed by atoms with Crippen molar-refractivity contribution in [2.75, 3.05) is 36.8 Å².